The Morgan fingerprint density at radius 2 is 1.90 bits per heavy atom. The van der Waals surface area contributed by atoms with Gasteiger partial charge >= 0.3 is 0 Å². The van der Waals surface area contributed by atoms with E-state index in [9.17, 15) is 0 Å². The maximum atomic E-state index is 5.53. The van der Waals surface area contributed by atoms with Crippen LogP contribution in [0.25, 0.3) is 0 Å². The van der Waals surface area contributed by atoms with E-state index >= 15 is 0 Å². The molecule has 1 rings (SSSR count). The smallest absolute Gasteiger partial charge is 0.232 e. The van der Waals surface area contributed by atoms with E-state index in [4.69, 9.17) is 34.8 Å². The monoisotopic (exact) mass is 195 g/mol. The molecule has 0 radical (unpaired) electrons. The lowest BCUT2D eigenvalue weighted by molar-refractivity contribution is 1.09. The van der Waals surface area contributed by atoms with Gasteiger partial charge in [-0.05, 0) is 12.1 Å². The third-order valence-corrected chi connectivity index (χ3v) is 1.54. The number of aromatic nitrogens is 1. The summed E-state index contributed by atoms with van der Waals surface area (Å²) in [6, 6.07) is 5.19. The molecule has 1 aromatic rings. The Bertz CT molecular complexity index is 204. The molecule has 0 bridgehead atoms. The van der Waals surface area contributed by atoms with Crippen molar-refractivity contribution in [3.8, 4) is 0 Å². The highest BCUT2D eigenvalue weighted by molar-refractivity contribution is 6.66. The second-order valence-corrected chi connectivity index (χ2v) is 3.99. The van der Waals surface area contributed by atoms with Gasteiger partial charge in [-0.2, -0.15) is 0 Å². The van der Waals surface area contributed by atoms with Crippen LogP contribution in [0.5, 0.6) is 0 Å². The van der Waals surface area contributed by atoms with Crippen molar-refractivity contribution in [3.63, 3.8) is 0 Å². The van der Waals surface area contributed by atoms with Crippen molar-refractivity contribution in [2.75, 3.05) is 0 Å². The first-order chi connectivity index (χ1) is 4.61. The van der Waals surface area contributed by atoms with Crippen LogP contribution in [0.1, 0.15) is 5.69 Å². The predicted molar refractivity (Wildman–Crippen MR) is 43.5 cm³/mol. The molecule has 0 saturated carbocycles. The Labute approximate surface area is 73.9 Å². The molecule has 0 aliphatic carbocycles. The van der Waals surface area contributed by atoms with Crippen LogP contribution < -0.4 is 0 Å². The minimum atomic E-state index is -1.40. The van der Waals surface area contributed by atoms with Crippen LogP contribution in [0.3, 0.4) is 0 Å². The van der Waals surface area contributed by atoms with E-state index in [1.165, 1.54) is 0 Å². The molecule has 0 aliphatic heterocycles. The summed E-state index contributed by atoms with van der Waals surface area (Å²) < 4.78 is -1.40. The zero-order valence-corrected chi connectivity index (χ0v) is 7.16. The van der Waals surface area contributed by atoms with Gasteiger partial charge in [-0.25, -0.2) is 0 Å². The van der Waals surface area contributed by atoms with Gasteiger partial charge in [-0.1, -0.05) is 40.9 Å². The number of alkyl halides is 3. The summed E-state index contributed by atoms with van der Waals surface area (Å²) in [4.78, 5) is 3.85. The van der Waals surface area contributed by atoms with E-state index in [0.717, 1.165) is 0 Å². The number of hydrogen-bond acceptors (Lipinski definition) is 1. The number of halogens is 3. The van der Waals surface area contributed by atoms with Crippen molar-refractivity contribution < 1.29 is 0 Å². The van der Waals surface area contributed by atoms with Crippen molar-refractivity contribution in [1.82, 2.24) is 4.98 Å². The van der Waals surface area contributed by atoms with Gasteiger partial charge in [0, 0.05) is 6.20 Å². The summed E-state index contributed by atoms with van der Waals surface area (Å²) in [7, 11) is 0. The van der Waals surface area contributed by atoms with Gasteiger partial charge in [0.05, 0.1) is 5.69 Å². The van der Waals surface area contributed by atoms with Crippen LogP contribution >= 0.6 is 34.8 Å². The Morgan fingerprint density at radius 3 is 2.20 bits per heavy atom. The second-order valence-electron chi connectivity index (χ2n) is 1.71. The molecular formula is C6H4Cl3N. The molecule has 1 nitrogen and oxygen atoms in total. The largest absolute Gasteiger partial charge is 0.257 e. The second kappa shape index (κ2) is 2.95. The third-order valence-electron chi connectivity index (χ3n) is 0.955. The lowest BCUT2D eigenvalue weighted by atomic mass is 10.4. The number of hydrogen-bond donors (Lipinski definition) is 0. The fraction of sp³-hybridized carbons (Fsp3) is 0.167. The molecule has 4 heteroatoms. The standard InChI is InChI=1S/C6H4Cl3N/c7-6(8,9)5-3-1-2-4-10-5/h1-4H. The minimum Gasteiger partial charge on any atom is -0.257 e. The van der Waals surface area contributed by atoms with Crippen LogP contribution in [-0.2, 0) is 3.79 Å². The lowest BCUT2D eigenvalue weighted by Gasteiger charge is -2.07. The molecule has 54 valence electrons. The number of nitrogens with zero attached hydrogens (tertiary/aromatic N) is 1. The van der Waals surface area contributed by atoms with Crippen LogP contribution in [0.4, 0.5) is 0 Å². The SMILES string of the molecule is ClC(Cl)(Cl)c1ccccn1. The van der Waals surface area contributed by atoms with Crippen molar-refractivity contribution in [1.29, 1.82) is 0 Å². The predicted octanol–water partition coefficient (Wildman–Crippen LogP) is 2.91. The van der Waals surface area contributed by atoms with Gasteiger partial charge < -0.3 is 0 Å². The molecule has 0 spiro atoms. The molecule has 0 unspecified atom stereocenters. The average Bonchev–Trinajstić information content (AvgIpc) is 1.88. The molecule has 0 N–H and O–H groups in total. The van der Waals surface area contributed by atoms with E-state index < -0.39 is 3.79 Å². The first-order valence-corrected chi connectivity index (χ1v) is 3.72. The number of pyridine rings is 1. The molecule has 0 aromatic carbocycles. The molecule has 0 aliphatic rings. The molecule has 1 aromatic heterocycles. The highest BCUT2D eigenvalue weighted by atomic mass is 35.6. The Morgan fingerprint density at radius 1 is 1.20 bits per heavy atom. The van der Waals surface area contributed by atoms with Gasteiger partial charge in [0.2, 0.25) is 3.79 Å². The summed E-state index contributed by atoms with van der Waals surface area (Å²) in [5.74, 6) is 0. The highest BCUT2D eigenvalue weighted by Gasteiger charge is 2.23. The molecule has 0 atom stereocenters. The van der Waals surface area contributed by atoms with Gasteiger partial charge in [-0.3, -0.25) is 4.98 Å². The first-order valence-electron chi connectivity index (χ1n) is 2.59. The van der Waals surface area contributed by atoms with E-state index in [1.54, 1.807) is 24.4 Å². The van der Waals surface area contributed by atoms with Crippen molar-refractivity contribution in [2.24, 2.45) is 0 Å². The Balaban J connectivity index is 2.97. The van der Waals surface area contributed by atoms with E-state index in [1.807, 2.05) is 0 Å². The van der Waals surface area contributed by atoms with E-state index in [2.05, 4.69) is 4.98 Å². The Kier molecular flexibility index (Phi) is 2.40. The summed E-state index contributed by atoms with van der Waals surface area (Å²) in [6.45, 7) is 0. The minimum absolute atomic E-state index is 0.444. The topological polar surface area (TPSA) is 12.9 Å². The molecule has 0 fully saturated rings. The lowest BCUT2D eigenvalue weighted by Crippen LogP contribution is -2.01. The van der Waals surface area contributed by atoms with Gasteiger partial charge in [0.1, 0.15) is 0 Å². The first kappa shape index (κ1) is 8.12. The zero-order valence-electron chi connectivity index (χ0n) is 4.89. The van der Waals surface area contributed by atoms with Crippen LogP contribution in [0.15, 0.2) is 24.4 Å². The molecule has 0 amide bonds. The quantitative estimate of drug-likeness (QED) is 0.582. The van der Waals surface area contributed by atoms with Crippen molar-refractivity contribution >= 4 is 34.8 Å². The summed E-state index contributed by atoms with van der Waals surface area (Å²) in [6.07, 6.45) is 1.58. The average molecular weight is 196 g/mol. The highest BCUT2D eigenvalue weighted by Crippen LogP contribution is 2.36. The van der Waals surface area contributed by atoms with Gasteiger partial charge in [-0.15, -0.1) is 0 Å². The zero-order chi connectivity index (χ0) is 7.61. The summed E-state index contributed by atoms with van der Waals surface area (Å²) in [5, 5.41) is 0. The van der Waals surface area contributed by atoms with Gasteiger partial charge in [0.15, 0.2) is 0 Å². The summed E-state index contributed by atoms with van der Waals surface area (Å²) in [5.41, 5.74) is 0.444. The fourth-order valence-corrected chi connectivity index (χ4v) is 0.866. The molecular weight excluding hydrogens is 192 g/mol. The van der Waals surface area contributed by atoms with E-state index in [-0.39, 0.29) is 0 Å². The Hall–Kier alpha value is 0.0200. The molecule has 1 heterocycles. The van der Waals surface area contributed by atoms with E-state index in [0.29, 0.717) is 5.69 Å². The number of rotatable bonds is 0. The van der Waals surface area contributed by atoms with Crippen molar-refractivity contribution in [2.45, 2.75) is 3.79 Å². The normalized spacial score (nSPS) is 11.5. The maximum absolute atomic E-state index is 5.53. The van der Waals surface area contributed by atoms with Crippen LogP contribution in [0.2, 0.25) is 0 Å². The summed E-state index contributed by atoms with van der Waals surface area (Å²) >= 11 is 16.6. The van der Waals surface area contributed by atoms with Crippen molar-refractivity contribution in [3.05, 3.63) is 30.1 Å². The molecule has 0 saturated heterocycles. The van der Waals surface area contributed by atoms with Gasteiger partial charge in [0.25, 0.3) is 0 Å². The molecule has 10 heavy (non-hydrogen) atoms. The maximum Gasteiger partial charge on any atom is 0.232 e. The fourth-order valence-electron chi connectivity index (χ4n) is 0.530. The third kappa shape index (κ3) is 2.01. The van der Waals surface area contributed by atoms with Crippen LogP contribution in [0, 0.1) is 0 Å². The van der Waals surface area contributed by atoms with Crippen LogP contribution in [-0.4, -0.2) is 4.98 Å².